The molecule has 6 aromatic carbocycles. The van der Waals surface area contributed by atoms with Gasteiger partial charge in [-0.3, -0.25) is 0 Å². The Morgan fingerprint density at radius 1 is 0.625 bits per heavy atom. The third-order valence-corrected chi connectivity index (χ3v) is 8.10. The number of hydrogen-bond donors (Lipinski definition) is 0. The van der Waals surface area contributed by atoms with Crippen molar-refractivity contribution < 1.29 is 52.9 Å². The van der Waals surface area contributed by atoms with Crippen molar-refractivity contribution in [3.8, 4) is 28.0 Å². The molecular formula is C43H50Cl2OSiZr-2. The molecule has 0 aromatic heterocycles. The van der Waals surface area contributed by atoms with E-state index in [1.165, 1.54) is 66.1 Å². The molecule has 0 saturated heterocycles. The number of aryl methyl sites for hydroxylation is 2. The van der Waals surface area contributed by atoms with E-state index >= 15 is 0 Å². The summed E-state index contributed by atoms with van der Waals surface area (Å²) in [5, 5.41) is 5.28. The standard InChI is InChI=1S/C21H23O.C20H21.C2H6Si.2ClH.Zr/c1-14-11-16-13-18(21(2,3)4)20(22-5)19(17(16)12-14)15-9-7-6-8-10-15;1-14-10-16-12-17(20(2,3)4)13-19(18(16)11-14)15-8-6-5-7-9-15;1-3-2;;;/h6-13H,1-5H3;5-13H,1-4H3;1-2H3;2*1H;/q2*-1;;;;+2/p-2. The SMILES string of the molecule is COc1c(C(C)(C)C)cc2[cH-]c(C)cc2c1-c1ccccc1.C[Si](C)=[Zr+2].Cc1cc2c(-c3ccccc3)cc(C(C)(C)C)cc2[cH-]1.[Cl-].[Cl-]. The zero-order chi connectivity index (χ0) is 33.8. The van der Waals surface area contributed by atoms with Crippen molar-refractivity contribution in [2.24, 2.45) is 0 Å². The Hall–Kier alpha value is -2.42. The number of fused-ring (bicyclic) bond motifs is 2. The van der Waals surface area contributed by atoms with E-state index in [4.69, 9.17) is 4.74 Å². The summed E-state index contributed by atoms with van der Waals surface area (Å²) < 4.78 is 5.87. The van der Waals surface area contributed by atoms with Crippen molar-refractivity contribution in [1.29, 1.82) is 0 Å². The van der Waals surface area contributed by atoms with E-state index in [9.17, 15) is 0 Å². The molecule has 0 unspecified atom stereocenters. The zero-order valence-corrected chi connectivity index (χ0v) is 35.4. The first-order chi connectivity index (χ1) is 21.6. The van der Waals surface area contributed by atoms with Gasteiger partial charge >= 0.3 is 41.9 Å². The first-order valence-corrected chi connectivity index (χ1v) is 22.4. The van der Waals surface area contributed by atoms with E-state index in [0.29, 0.717) is 0 Å². The molecule has 5 heteroatoms. The Labute approximate surface area is 317 Å². The summed E-state index contributed by atoms with van der Waals surface area (Å²) >= 11 is 1.74. The Balaban J connectivity index is 0.000000290. The Bertz CT molecular complexity index is 1930. The van der Waals surface area contributed by atoms with Crippen LogP contribution in [0.4, 0.5) is 0 Å². The fourth-order valence-corrected chi connectivity index (χ4v) is 5.91. The van der Waals surface area contributed by atoms with Crippen molar-refractivity contribution in [2.45, 2.75) is 79.3 Å². The molecule has 0 aliphatic rings. The molecule has 252 valence electrons. The maximum absolute atomic E-state index is 5.87. The van der Waals surface area contributed by atoms with Crippen molar-refractivity contribution in [2.75, 3.05) is 7.11 Å². The number of rotatable bonds is 3. The molecule has 0 saturated carbocycles. The smallest absolute Gasteiger partial charge is 0.0218 e. The predicted molar refractivity (Wildman–Crippen MR) is 201 cm³/mol. The van der Waals surface area contributed by atoms with Crippen LogP contribution in [0.3, 0.4) is 0 Å². The molecule has 0 radical (unpaired) electrons. The summed E-state index contributed by atoms with van der Waals surface area (Å²) in [6.45, 7) is 22.5. The van der Waals surface area contributed by atoms with Gasteiger partial charge in [0.25, 0.3) is 0 Å². The summed E-state index contributed by atoms with van der Waals surface area (Å²) in [6.07, 6.45) is 0. The summed E-state index contributed by atoms with van der Waals surface area (Å²) in [4.78, 5) is 0. The maximum atomic E-state index is 5.87. The molecule has 48 heavy (non-hydrogen) atoms. The first-order valence-electron chi connectivity index (χ1n) is 16.2. The van der Waals surface area contributed by atoms with E-state index < -0.39 is 0 Å². The minimum atomic E-state index is 0. The topological polar surface area (TPSA) is 9.23 Å². The molecular weight excluding hydrogens is 723 g/mol. The van der Waals surface area contributed by atoms with E-state index in [1.54, 1.807) is 30.4 Å². The van der Waals surface area contributed by atoms with Crippen LogP contribution >= 0.6 is 0 Å². The van der Waals surface area contributed by atoms with Gasteiger partial charge in [-0.15, -0.1) is 56.9 Å². The van der Waals surface area contributed by atoms with Crippen LogP contribution in [0.15, 0.2) is 103 Å². The molecule has 1 nitrogen and oxygen atoms in total. The average molecular weight is 773 g/mol. The van der Waals surface area contributed by atoms with E-state index in [-0.39, 0.29) is 41.1 Å². The van der Waals surface area contributed by atoms with Gasteiger partial charge in [-0.1, -0.05) is 133 Å². The molecule has 6 aromatic rings. The van der Waals surface area contributed by atoms with Crippen LogP contribution in [0.25, 0.3) is 43.8 Å². The average Bonchev–Trinajstić information content (AvgIpc) is 3.56. The number of ether oxygens (including phenoxy) is 1. The largest absolute Gasteiger partial charge is 1.00 e. The second-order valence-corrected chi connectivity index (χ2v) is 24.0. The minimum absolute atomic E-state index is 0. The van der Waals surface area contributed by atoms with Gasteiger partial charge in [0.1, 0.15) is 5.75 Å². The number of methoxy groups -OCH3 is 1. The van der Waals surface area contributed by atoms with Gasteiger partial charge in [-0.25, -0.2) is 0 Å². The van der Waals surface area contributed by atoms with Crippen LogP contribution in [0.2, 0.25) is 13.1 Å². The van der Waals surface area contributed by atoms with Gasteiger partial charge in [0.05, 0.1) is 7.11 Å². The normalized spacial score (nSPS) is 11.0. The van der Waals surface area contributed by atoms with Gasteiger partial charge in [0, 0.05) is 0 Å². The number of halogens is 2. The molecule has 0 atom stereocenters. The fraction of sp³-hybridized carbons (Fsp3) is 0.302. The van der Waals surface area contributed by atoms with Crippen LogP contribution in [-0.4, -0.2) is 12.5 Å². The van der Waals surface area contributed by atoms with Crippen molar-refractivity contribution in [3.05, 3.63) is 125 Å². The van der Waals surface area contributed by atoms with E-state index in [2.05, 4.69) is 172 Å². The third kappa shape index (κ3) is 10.3. The molecule has 0 spiro atoms. The summed E-state index contributed by atoms with van der Waals surface area (Å²) in [5.41, 5.74) is 10.8. The van der Waals surface area contributed by atoms with Gasteiger partial charge in [0.2, 0.25) is 0 Å². The molecule has 0 fully saturated rings. The maximum Gasteiger partial charge on any atom is -0.0218 e. The quantitative estimate of drug-likeness (QED) is 0.148. The van der Waals surface area contributed by atoms with Crippen LogP contribution in [0.1, 0.15) is 63.8 Å². The zero-order valence-electron chi connectivity index (χ0n) is 30.5. The van der Waals surface area contributed by atoms with Crippen LogP contribution in [0, 0.1) is 13.8 Å². The second-order valence-electron chi connectivity index (χ2n) is 14.7. The van der Waals surface area contributed by atoms with Crippen molar-refractivity contribution in [1.82, 2.24) is 0 Å². The number of hydrogen-bond acceptors (Lipinski definition) is 1. The summed E-state index contributed by atoms with van der Waals surface area (Å²) in [7, 11) is 1.78. The van der Waals surface area contributed by atoms with Crippen molar-refractivity contribution >= 4 is 27.0 Å². The monoisotopic (exact) mass is 770 g/mol. The van der Waals surface area contributed by atoms with Crippen molar-refractivity contribution in [3.63, 3.8) is 0 Å². The third-order valence-electron chi connectivity index (χ3n) is 8.10. The Morgan fingerprint density at radius 2 is 1.08 bits per heavy atom. The fourth-order valence-electron chi connectivity index (χ4n) is 5.91. The molecule has 0 aliphatic carbocycles. The molecule has 0 amide bonds. The molecule has 0 heterocycles. The molecule has 0 aliphatic heterocycles. The minimum Gasteiger partial charge on any atom is -1.00 e. The van der Waals surface area contributed by atoms with Gasteiger partial charge < -0.3 is 29.6 Å². The van der Waals surface area contributed by atoms with Gasteiger partial charge in [-0.2, -0.15) is 12.1 Å². The van der Waals surface area contributed by atoms with Crippen LogP contribution in [0.5, 0.6) is 5.75 Å². The van der Waals surface area contributed by atoms with Gasteiger partial charge in [-0.05, 0) is 33.1 Å². The Kier molecular flexibility index (Phi) is 15.2. The van der Waals surface area contributed by atoms with E-state index in [1.807, 2.05) is 0 Å². The van der Waals surface area contributed by atoms with Gasteiger partial charge in [0.15, 0.2) is 0 Å². The first kappa shape index (κ1) is 41.7. The predicted octanol–water partition coefficient (Wildman–Crippen LogP) is 6.46. The number of benzene rings is 4. The van der Waals surface area contributed by atoms with E-state index in [0.717, 1.165) is 5.75 Å². The van der Waals surface area contributed by atoms with Crippen LogP contribution in [-0.2, 0) is 34.2 Å². The molecule has 6 rings (SSSR count). The molecule has 0 bridgehead atoms. The summed E-state index contributed by atoms with van der Waals surface area (Å²) in [6, 6.07) is 37.3. The second kappa shape index (κ2) is 17.5. The Morgan fingerprint density at radius 3 is 1.54 bits per heavy atom. The summed E-state index contributed by atoms with van der Waals surface area (Å²) in [5.74, 6) is 0.997. The van der Waals surface area contributed by atoms with Crippen LogP contribution < -0.4 is 29.6 Å². The molecule has 0 N–H and O–H groups in total.